The molecule has 0 bridgehead atoms. The third kappa shape index (κ3) is 2.83. The molecule has 2 aromatic rings. The second-order valence-corrected chi connectivity index (χ2v) is 8.05. The van der Waals surface area contributed by atoms with E-state index >= 15 is 0 Å². The first kappa shape index (κ1) is 16.3. The van der Waals surface area contributed by atoms with Gasteiger partial charge in [-0.25, -0.2) is 13.1 Å². The summed E-state index contributed by atoms with van der Waals surface area (Å²) in [6.45, 7) is 7.52. The minimum Gasteiger partial charge on any atom is -0.469 e. The molecule has 0 amide bonds. The molecule has 1 aliphatic carbocycles. The summed E-state index contributed by atoms with van der Waals surface area (Å²) in [4.78, 5) is 0.293. The van der Waals surface area contributed by atoms with Crippen molar-refractivity contribution < 1.29 is 12.8 Å². The van der Waals surface area contributed by atoms with Crippen LogP contribution in [0.15, 0.2) is 21.6 Å². The molecule has 0 fully saturated rings. The Morgan fingerprint density at radius 2 is 2.13 bits per heavy atom. The predicted octanol–water partition coefficient (Wildman–Crippen LogP) is 3.03. The molecule has 1 atom stereocenters. The summed E-state index contributed by atoms with van der Waals surface area (Å²) in [6.07, 6.45) is 4.19. The van der Waals surface area contributed by atoms with Gasteiger partial charge in [0.2, 0.25) is 10.0 Å². The van der Waals surface area contributed by atoms with Gasteiger partial charge in [-0.05, 0) is 46.6 Å². The van der Waals surface area contributed by atoms with Crippen molar-refractivity contribution in [2.75, 3.05) is 0 Å². The summed E-state index contributed by atoms with van der Waals surface area (Å²) in [5.41, 5.74) is 2.16. The Morgan fingerprint density at radius 1 is 1.39 bits per heavy atom. The monoisotopic (exact) mass is 337 g/mol. The summed E-state index contributed by atoms with van der Waals surface area (Å²) in [5, 5.41) is 4.38. The van der Waals surface area contributed by atoms with Crippen LogP contribution in [0, 0.1) is 13.8 Å². The zero-order valence-corrected chi connectivity index (χ0v) is 14.8. The highest BCUT2D eigenvalue weighted by Gasteiger charge is 2.31. The highest BCUT2D eigenvalue weighted by Crippen LogP contribution is 2.32. The van der Waals surface area contributed by atoms with Crippen molar-refractivity contribution in [3.05, 3.63) is 35.0 Å². The molecule has 7 heteroatoms. The van der Waals surface area contributed by atoms with Crippen molar-refractivity contribution in [2.45, 2.75) is 63.9 Å². The summed E-state index contributed by atoms with van der Waals surface area (Å²) in [6, 6.07) is 1.75. The molecule has 0 unspecified atom stereocenters. The highest BCUT2D eigenvalue weighted by molar-refractivity contribution is 7.89. The lowest BCUT2D eigenvalue weighted by molar-refractivity contribution is 0.438. The van der Waals surface area contributed by atoms with Gasteiger partial charge in [0.15, 0.2) is 0 Å². The van der Waals surface area contributed by atoms with E-state index in [-0.39, 0.29) is 12.1 Å². The van der Waals surface area contributed by atoms with Crippen LogP contribution in [0.3, 0.4) is 0 Å². The van der Waals surface area contributed by atoms with Crippen LogP contribution in [0.1, 0.15) is 61.5 Å². The number of rotatable bonds is 4. The van der Waals surface area contributed by atoms with Gasteiger partial charge in [-0.3, -0.25) is 4.68 Å². The van der Waals surface area contributed by atoms with Crippen molar-refractivity contribution in [3.8, 4) is 0 Å². The largest absolute Gasteiger partial charge is 0.469 e. The number of sulfonamides is 1. The van der Waals surface area contributed by atoms with E-state index in [1.807, 2.05) is 19.9 Å². The highest BCUT2D eigenvalue weighted by atomic mass is 32.2. The summed E-state index contributed by atoms with van der Waals surface area (Å²) >= 11 is 0. The Bertz CT molecular complexity index is 818. The molecule has 126 valence electrons. The molecule has 2 heterocycles. The van der Waals surface area contributed by atoms with Gasteiger partial charge < -0.3 is 4.42 Å². The average molecular weight is 337 g/mol. The summed E-state index contributed by atoms with van der Waals surface area (Å²) < 4.78 is 35.9. The molecule has 2 aromatic heterocycles. The van der Waals surface area contributed by atoms with Gasteiger partial charge in [-0.15, -0.1) is 0 Å². The van der Waals surface area contributed by atoms with E-state index in [1.165, 1.54) is 0 Å². The van der Waals surface area contributed by atoms with Gasteiger partial charge in [-0.2, -0.15) is 5.10 Å². The number of hydrogen-bond acceptors (Lipinski definition) is 4. The first-order valence-electron chi connectivity index (χ1n) is 7.95. The second-order valence-electron chi connectivity index (χ2n) is 6.40. The number of nitrogens with zero attached hydrogens (tertiary/aromatic N) is 2. The van der Waals surface area contributed by atoms with E-state index in [0.717, 1.165) is 30.6 Å². The van der Waals surface area contributed by atoms with Crippen molar-refractivity contribution in [3.63, 3.8) is 0 Å². The van der Waals surface area contributed by atoms with Gasteiger partial charge in [-0.1, -0.05) is 0 Å². The van der Waals surface area contributed by atoms with E-state index in [0.29, 0.717) is 16.3 Å². The Labute approximate surface area is 136 Å². The molecule has 0 saturated heterocycles. The van der Waals surface area contributed by atoms with Crippen LogP contribution in [0.2, 0.25) is 0 Å². The number of fused-ring (bicyclic) bond motifs is 1. The predicted molar refractivity (Wildman–Crippen MR) is 86.8 cm³/mol. The standard InChI is InChI=1S/C16H23N3O3S/c1-10(2)19-12(4)16(11(3)17-19)23(20,21)18-14-6-5-7-15-13(14)8-9-22-15/h8-10,14,18H,5-7H2,1-4H3/t14-/m1/s1. The Morgan fingerprint density at radius 3 is 2.78 bits per heavy atom. The fourth-order valence-corrected chi connectivity index (χ4v) is 5.04. The van der Waals surface area contributed by atoms with E-state index in [4.69, 9.17) is 4.42 Å². The van der Waals surface area contributed by atoms with Gasteiger partial charge >= 0.3 is 0 Å². The molecule has 23 heavy (non-hydrogen) atoms. The zero-order valence-electron chi connectivity index (χ0n) is 14.0. The average Bonchev–Trinajstić information content (AvgIpc) is 3.03. The van der Waals surface area contributed by atoms with E-state index < -0.39 is 10.0 Å². The van der Waals surface area contributed by atoms with Crippen LogP contribution in [-0.4, -0.2) is 18.2 Å². The third-order valence-electron chi connectivity index (χ3n) is 4.37. The molecule has 0 aromatic carbocycles. The van der Waals surface area contributed by atoms with Crippen molar-refractivity contribution in [2.24, 2.45) is 0 Å². The van der Waals surface area contributed by atoms with Gasteiger partial charge in [0.05, 0.1) is 23.7 Å². The zero-order chi connectivity index (χ0) is 16.8. The molecule has 1 N–H and O–H groups in total. The normalized spacial score (nSPS) is 18.4. The molecule has 0 aliphatic heterocycles. The van der Waals surface area contributed by atoms with Crippen LogP contribution in [0.4, 0.5) is 0 Å². The lowest BCUT2D eigenvalue weighted by Gasteiger charge is -2.22. The number of aromatic nitrogens is 2. The molecule has 1 aliphatic rings. The SMILES string of the molecule is Cc1nn(C(C)C)c(C)c1S(=O)(=O)N[C@@H]1CCCc2occc21. The molecule has 0 saturated carbocycles. The number of furan rings is 1. The second kappa shape index (κ2) is 5.79. The molecule has 6 nitrogen and oxygen atoms in total. The maximum atomic E-state index is 12.9. The molecular weight excluding hydrogens is 314 g/mol. The Balaban J connectivity index is 1.95. The van der Waals surface area contributed by atoms with E-state index in [1.54, 1.807) is 24.8 Å². The van der Waals surface area contributed by atoms with Crippen LogP contribution < -0.4 is 4.72 Å². The fourth-order valence-electron chi connectivity index (χ4n) is 3.39. The first-order valence-corrected chi connectivity index (χ1v) is 9.44. The molecule has 0 spiro atoms. The number of aryl methyl sites for hydroxylation is 2. The van der Waals surface area contributed by atoms with Gasteiger partial charge in [0, 0.05) is 18.0 Å². The van der Waals surface area contributed by atoms with Crippen molar-refractivity contribution >= 4 is 10.0 Å². The summed E-state index contributed by atoms with van der Waals surface area (Å²) in [7, 11) is -3.63. The van der Waals surface area contributed by atoms with Crippen molar-refractivity contribution in [1.29, 1.82) is 0 Å². The summed E-state index contributed by atoms with van der Waals surface area (Å²) in [5.74, 6) is 0.885. The molecule has 0 radical (unpaired) electrons. The van der Waals surface area contributed by atoms with Crippen LogP contribution in [-0.2, 0) is 16.4 Å². The van der Waals surface area contributed by atoms with Crippen LogP contribution in [0.5, 0.6) is 0 Å². The Hall–Kier alpha value is -1.60. The lowest BCUT2D eigenvalue weighted by Crippen LogP contribution is -2.31. The lowest BCUT2D eigenvalue weighted by atomic mass is 9.94. The molecule has 3 rings (SSSR count). The first-order chi connectivity index (χ1) is 10.8. The van der Waals surface area contributed by atoms with Gasteiger partial charge in [0.1, 0.15) is 10.7 Å². The minimum absolute atomic E-state index is 0.118. The number of nitrogens with one attached hydrogen (secondary N) is 1. The fraction of sp³-hybridized carbons (Fsp3) is 0.562. The van der Waals surface area contributed by atoms with E-state index in [2.05, 4.69) is 9.82 Å². The Kier molecular flexibility index (Phi) is 4.10. The maximum Gasteiger partial charge on any atom is 0.244 e. The van der Waals surface area contributed by atoms with Crippen LogP contribution in [0.25, 0.3) is 0 Å². The third-order valence-corrected chi connectivity index (χ3v) is 6.09. The van der Waals surface area contributed by atoms with Gasteiger partial charge in [0.25, 0.3) is 0 Å². The molecular formula is C16H23N3O3S. The topological polar surface area (TPSA) is 77.1 Å². The smallest absolute Gasteiger partial charge is 0.244 e. The maximum absolute atomic E-state index is 12.9. The number of hydrogen-bond donors (Lipinski definition) is 1. The van der Waals surface area contributed by atoms with Crippen LogP contribution >= 0.6 is 0 Å². The quantitative estimate of drug-likeness (QED) is 0.930. The van der Waals surface area contributed by atoms with Crippen molar-refractivity contribution in [1.82, 2.24) is 14.5 Å². The van der Waals surface area contributed by atoms with E-state index in [9.17, 15) is 8.42 Å². The minimum atomic E-state index is -3.63.